The third kappa shape index (κ3) is 9.84. The molecule has 1 aromatic heterocycles. The second kappa shape index (κ2) is 19.5. The average Bonchev–Trinajstić information content (AvgIpc) is 3.28. The maximum absolute atomic E-state index is 14.0. The maximum atomic E-state index is 14.0. The Morgan fingerprint density at radius 2 is 1.35 bits per heavy atom. The molecule has 0 aliphatic carbocycles. The SMILES string of the molecule is COc1cc(O)c2c(=O)c(OC3OC(COC4OC(C)C(O)C(OC5OC(C)C(O)C(OC(=O)C=Cc6ccc(O)cc6)C5O)C4O)C(O)C(O)C3O)c(-c3ccc(O)c(O)c3)oc2c1. The summed E-state index contributed by atoms with van der Waals surface area (Å²) in [4.78, 5) is 26.7. The first-order valence-corrected chi connectivity index (χ1v) is 20.1. The van der Waals surface area contributed by atoms with E-state index in [1.54, 1.807) is 0 Å². The smallest absolute Gasteiger partial charge is 0.331 e. The molecule has 3 aliphatic heterocycles. The molecule has 3 fully saturated rings. The standard InChI is InChI=1S/C43H48O22/c1-16-30(50)39(64-43-36(56)38(29(49)17(2)60-43)63-27(48)11-6-18-4-8-20(44)9-5-18)35(55)41(59-16)58-15-26-31(51)33(53)34(54)42(62-26)65-40-32(52)28-24(47)13-21(57-3)14-25(28)61-37(40)19-7-10-22(45)23(46)12-19/h4-14,16-17,26,29-31,33-36,38-39,41-47,49-51,53-56H,15H2,1-3H3. The number of hydrogen-bond acceptors (Lipinski definition) is 22. The molecule has 65 heavy (non-hydrogen) atoms. The zero-order chi connectivity index (χ0) is 47.0. The Morgan fingerprint density at radius 3 is 2.03 bits per heavy atom. The van der Waals surface area contributed by atoms with Gasteiger partial charge in [-0.3, -0.25) is 4.79 Å². The molecule has 0 spiro atoms. The fraction of sp³-hybridized carbons (Fsp3) is 0.442. The molecule has 15 atom stereocenters. The summed E-state index contributed by atoms with van der Waals surface area (Å²) in [7, 11) is 1.30. The van der Waals surface area contributed by atoms with Crippen molar-refractivity contribution in [3.8, 4) is 45.8 Å². The van der Waals surface area contributed by atoms with E-state index in [1.165, 1.54) is 63.4 Å². The van der Waals surface area contributed by atoms with Crippen molar-refractivity contribution in [3.05, 3.63) is 76.5 Å². The van der Waals surface area contributed by atoms with Gasteiger partial charge in [-0.2, -0.15) is 0 Å². The van der Waals surface area contributed by atoms with Crippen LogP contribution < -0.4 is 14.9 Å². The second-order valence-corrected chi connectivity index (χ2v) is 15.6. The largest absolute Gasteiger partial charge is 0.508 e. The van der Waals surface area contributed by atoms with Gasteiger partial charge in [0, 0.05) is 23.8 Å². The van der Waals surface area contributed by atoms with E-state index in [9.17, 15) is 65.8 Å². The number of fused-ring (bicyclic) bond motifs is 1. The molecule has 0 amide bonds. The van der Waals surface area contributed by atoms with E-state index in [2.05, 4.69) is 0 Å². The van der Waals surface area contributed by atoms with Gasteiger partial charge in [-0.1, -0.05) is 12.1 Å². The van der Waals surface area contributed by atoms with Gasteiger partial charge in [0.15, 0.2) is 35.9 Å². The van der Waals surface area contributed by atoms with Gasteiger partial charge in [0.1, 0.15) is 83.2 Å². The Morgan fingerprint density at radius 1 is 0.692 bits per heavy atom. The number of carbonyl (C=O) groups excluding carboxylic acids is 1. The molecule has 4 heterocycles. The van der Waals surface area contributed by atoms with Crippen LogP contribution in [0.25, 0.3) is 28.4 Å². The minimum atomic E-state index is -2.05. The van der Waals surface area contributed by atoms with E-state index in [-0.39, 0.29) is 22.6 Å². The molecular formula is C43H48O22. The summed E-state index contributed by atoms with van der Waals surface area (Å²) >= 11 is 0. The highest BCUT2D eigenvalue weighted by Crippen LogP contribution is 2.40. The van der Waals surface area contributed by atoms with Crippen molar-refractivity contribution in [2.45, 2.75) is 106 Å². The topological polar surface area (TPSA) is 344 Å². The van der Waals surface area contributed by atoms with Crippen molar-refractivity contribution in [1.82, 2.24) is 0 Å². The first kappa shape index (κ1) is 47.4. The quantitative estimate of drug-likeness (QED) is 0.0482. The lowest BCUT2D eigenvalue weighted by Gasteiger charge is -2.46. The van der Waals surface area contributed by atoms with Crippen LogP contribution in [0.1, 0.15) is 19.4 Å². The van der Waals surface area contributed by atoms with Crippen LogP contribution in [0, 0.1) is 0 Å². The predicted octanol–water partition coefficient (Wildman–Crippen LogP) is -0.562. The summed E-state index contributed by atoms with van der Waals surface area (Å²) in [5.41, 5.74) is -0.717. The van der Waals surface area contributed by atoms with Crippen LogP contribution in [0.4, 0.5) is 0 Å². The van der Waals surface area contributed by atoms with Gasteiger partial charge in [0.25, 0.3) is 0 Å². The van der Waals surface area contributed by atoms with Gasteiger partial charge >= 0.3 is 5.97 Å². The summed E-state index contributed by atoms with van der Waals surface area (Å²) in [6.45, 7) is 2.06. The average molecular weight is 917 g/mol. The molecule has 7 rings (SSSR count). The molecule has 0 bridgehead atoms. The lowest BCUT2D eigenvalue weighted by atomic mass is 9.97. The number of methoxy groups -OCH3 is 1. The van der Waals surface area contributed by atoms with E-state index in [0.29, 0.717) is 5.56 Å². The van der Waals surface area contributed by atoms with Crippen molar-refractivity contribution in [3.63, 3.8) is 0 Å². The number of carbonyl (C=O) groups is 1. The zero-order valence-corrected chi connectivity index (χ0v) is 34.6. The summed E-state index contributed by atoms with van der Waals surface area (Å²) < 4.78 is 51.0. The summed E-state index contributed by atoms with van der Waals surface area (Å²) in [6.07, 6.45) is -22.9. The molecular weight excluding hydrogens is 868 g/mol. The molecule has 0 radical (unpaired) electrons. The van der Waals surface area contributed by atoms with Crippen molar-refractivity contribution in [1.29, 1.82) is 0 Å². The van der Waals surface area contributed by atoms with Crippen LogP contribution in [0.5, 0.6) is 34.5 Å². The third-order valence-electron chi connectivity index (χ3n) is 11.1. The minimum Gasteiger partial charge on any atom is -0.508 e. The highest BCUT2D eigenvalue weighted by molar-refractivity contribution is 5.89. The van der Waals surface area contributed by atoms with Crippen molar-refractivity contribution in [2.24, 2.45) is 0 Å². The molecule has 15 unspecified atom stereocenters. The van der Waals surface area contributed by atoms with Gasteiger partial charge in [-0.05, 0) is 55.8 Å². The molecule has 22 heteroatoms. The molecule has 3 saturated heterocycles. The van der Waals surface area contributed by atoms with Gasteiger partial charge < -0.3 is 98.5 Å². The Balaban J connectivity index is 1.06. The van der Waals surface area contributed by atoms with Gasteiger partial charge in [-0.25, -0.2) is 4.79 Å². The number of hydrogen-bond donors (Lipinski definition) is 11. The predicted molar refractivity (Wildman–Crippen MR) is 217 cm³/mol. The van der Waals surface area contributed by atoms with Gasteiger partial charge in [0.2, 0.25) is 17.5 Å². The molecule has 3 aliphatic rings. The maximum Gasteiger partial charge on any atom is 0.331 e. The Bertz CT molecular complexity index is 2400. The van der Waals surface area contributed by atoms with Crippen molar-refractivity contribution in [2.75, 3.05) is 13.7 Å². The summed E-state index contributed by atoms with van der Waals surface area (Å²) in [6, 6.07) is 11.6. The first-order valence-electron chi connectivity index (χ1n) is 20.1. The monoisotopic (exact) mass is 916 g/mol. The van der Waals surface area contributed by atoms with E-state index < -0.39 is 144 Å². The van der Waals surface area contributed by atoms with Crippen LogP contribution in [-0.2, 0) is 33.2 Å². The Hall–Kier alpha value is -5.60. The molecule has 11 N–H and O–H groups in total. The number of aromatic hydroxyl groups is 4. The number of phenolic OH excluding ortho intramolecular Hbond substituents is 4. The zero-order valence-electron chi connectivity index (χ0n) is 34.6. The fourth-order valence-electron chi connectivity index (χ4n) is 7.42. The molecule has 352 valence electrons. The fourth-order valence-corrected chi connectivity index (χ4v) is 7.42. The lowest BCUT2D eigenvalue weighted by molar-refractivity contribution is -0.359. The Kier molecular flexibility index (Phi) is 14.2. The number of esters is 1. The second-order valence-electron chi connectivity index (χ2n) is 15.6. The molecule has 4 aromatic rings. The van der Waals surface area contributed by atoms with Gasteiger partial charge in [0.05, 0.1) is 25.9 Å². The number of aliphatic hydroxyl groups excluding tert-OH is 7. The number of phenols is 4. The van der Waals surface area contributed by atoms with Crippen molar-refractivity contribution >= 4 is 23.0 Å². The molecule has 3 aromatic carbocycles. The number of rotatable bonds is 12. The van der Waals surface area contributed by atoms with E-state index in [0.717, 1.165) is 24.3 Å². The van der Waals surface area contributed by atoms with Crippen LogP contribution >= 0.6 is 0 Å². The van der Waals surface area contributed by atoms with Gasteiger partial charge in [-0.15, -0.1) is 0 Å². The number of aliphatic hydroxyl groups is 7. The Labute approximate surface area is 367 Å². The van der Waals surface area contributed by atoms with E-state index in [4.69, 9.17) is 42.3 Å². The summed E-state index contributed by atoms with van der Waals surface area (Å²) in [5.74, 6) is -3.67. The summed E-state index contributed by atoms with van der Waals surface area (Å²) in [5, 5.41) is 117. The molecule has 22 nitrogen and oxygen atoms in total. The minimum absolute atomic E-state index is 0.00960. The normalized spacial score (nSPS) is 32.9. The van der Waals surface area contributed by atoms with Crippen LogP contribution in [0.2, 0.25) is 0 Å². The highest BCUT2D eigenvalue weighted by Gasteiger charge is 2.52. The third-order valence-corrected chi connectivity index (χ3v) is 11.1. The molecule has 0 saturated carbocycles. The lowest BCUT2D eigenvalue weighted by Crippen LogP contribution is -2.64. The highest BCUT2D eigenvalue weighted by atomic mass is 16.7. The van der Waals surface area contributed by atoms with E-state index in [1.807, 2.05) is 0 Å². The first-order chi connectivity index (χ1) is 30.9. The van der Waals surface area contributed by atoms with E-state index >= 15 is 0 Å². The number of ether oxygens (including phenoxy) is 8. The van der Waals surface area contributed by atoms with Crippen molar-refractivity contribution < 1.29 is 103 Å². The number of benzene rings is 3. The van der Waals surface area contributed by atoms with Crippen LogP contribution in [-0.4, -0.2) is 168 Å². The van der Waals surface area contributed by atoms with Crippen LogP contribution in [0.3, 0.4) is 0 Å². The van der Waals surface area contributed by atoms with Crippen LogP contribution in [0.15, 0.2) is 69.9 Å².